The van der Waals surface area contributed by atoms with E-state index in [1.165, 1.54) is 30.3 Å². The molecule has 3 aromatic rings. The second-order valence-corrected chi connectivity index (χ2v) is 10.3. The van der Waals surface area contributed by atoms with Crippen molar-refractivity contribution in [3.05, 3.63) is 92.9 Å². The lowest BCUT2D eigenvalue weighted by atomic mass is 10.2. The maximum Gasteiger partial charge on any atom is 0.416 e. The van der Waals surface area contributed by atoms with Gasteiger partial charge in [0.1, 0.15) is 0 Å². The first kappa shape index (κ1) is 26.3. The van der Waals surface area contributed by atoms with Gasteiger partial charge in [0.05, 0.1) is 27.7 Å². The molecule has 0 aliphatic carbocycles. The fraction of sp³-hybridized carbons (Fsp3) is 0.136. The summed E-state index contributed by atoms with van der Waals surface area (Å²) in [5.41, 5.74) is -0.820. The van der Waals surface area contributed by atoms with Crippen LogP contribution in [0.25, 0.3) is 0 Å². The normalized spacial score (nSPS) is 12.1. The zero-order valence-electron chi connectivity index (χ0n) is 17.1. The Balaban J connectivity index is 1.91. The summed E-state index contributed by atoms with van der Waals surface area (Å²) >= 11 is 17.8. The molecule has 180 valence electrons. The number of halogens is 6. The Labute approximate surface area is 209 Å². The minimum Gasteiger partial charge on any atom is -0.324 e. The molecule has 0 aliphatic heterocycles. The van der Waals surface area contributed by atoms with Gasteiger partial charge in [-0.05, 0) is 60.2 Å². The molecule has 0 fully saturated rings. The summed E-state index contributed by atoms with van der Waals surface area (Å²) in [6.07, 6.45) is -4.65. The first-order chi connectivity index (χ1) is 15.9. The number of carbonyl (C=O) groups excluding carboxylic acids is 1. The van der Waals surface area contributed by atoms with E-state index in [2.05, 4.69) is 5.32 Å². The Hall–Kier alpha value is -2.30. The Morgan fingerprint density at radius 2 is 1.59 bits per heavy atom. The first-order valence-electron chi connectivity index (χ1n) is 9.53. The highest BCUT2D eigenvalue weighted by Crippen LogP contribution is 2.34. The van der Waals surface area contributed by atoms with Crippen LogP contribution in [0, 0.1) is 0 Å². The van der Waals surface area contributed by atoms with Crippen molar-refractivity contribution in [3.8, 4) is 0 Å². The van der Waals surface area contributed by atoms with Crippen LogP contribution in [0.5, 0.6) is 0 Å². The molecule has 3 aromatic carbocycles. The van der Waals surface area contributed by atoms with Gasteiger partial charge in [0.2, 0.25) is 15.9 Å². The molecule has 0 bridgehead atoms. The van der Waals surface area contributed by atoms with Gasteiger partial charge in [-0.25, -0.2) is 8.42 Å². The molecule has 0 unspecified atom stereocenters. The fourth-order valence-electron chi connectivity index (χ4n) is 2.97. The molecule has 0 saturated heterocycles. The van der Waals surface area contributed by atoms with Gasteiger partial charge in [-0.2, -0.15) is 17.5 Å². The van der Waals surface area contributed by atoms with E-state index in [1.807, 2.05) is 0 Å². The maximum absolute atomic E-state index is 13.3. The van der Waals surface area contributed by atoms with E-state index < -0.39 is 34.2 Å². The van der Waals surface area contributed by atoms with Crippen molar-refractivity contribution in [1.29, 1.82) is 0 Å². The summed E-state index contributed by atoms with van der Waals surface area (Å²) in [5.74, 6) is -0.888. The monoisotopic (exact) mass is 550 g/mol. The lowest BCUT2D eigenvalue weighted by Gasteiger charge is -2.22. The van der Waals surface area contributed by atoms with E-state index in [-0.39, 0.29) is 22.2 Å². The van der Waals surface area contributed by atoms with Crippen molar-refractivity contribution in [2.24, 2.45) is 0 Å². The van der Waals surface area contributed by atoms with Gasteiger partial charge in [-0.3, -0.25) is 4.79 Å². The maximum atomic E-state index is 13.3. The van der Waals surface area contributed by atoms with Crippen LogP contribution in [0.2, 0.25) is 15.1 Å². The van der Waals surface area contributed by atoms with Crippen LogP contribution < -0.4 is 5.32 Å². The Morgan fingerprint density at radius 1 is 0.912 bits per heavy atom. The number of carbonyl (C=O) groups is 1. The third-order valence-electron chi connectivity index (χ3n) is 4.59. The number of rotatable bonds is 7. The van der Waals surface area contributed by atoms with E-state index in [0.29, 0.717) is 21.7 Å². The van der Waals surface area contributed by atoms with Gasteiger partial charge in [-0.1, -0.05) is 46.9 Å². The summed E-state index contributed by atoms with van der Waals surface area (Å²) in [4.78, 5) is 12.6. The summed E-state index contributed by atoms with van der Waals surface area (Å²) in [6, 6.07) is 14.2. The fourth-order valence-corrected chi connectivity index (χ4v) is 4.86. The van der Waals surface area contributed by atoms with Gasteiger partial charge < -0.3 is 5.32 Å². The SMILES string of the molecule is O=C(CN(Cc1cccc(Cl)c1)S(=O)(=O)c1ccc(Cl)cc1)Nc1cc(C(F)(F)F)ccc1Cl. The third-order valence-corrected chi connectivity index (χ3v) is 7.21. The molecule has 0 heterocycles. The average molecular weight is 552 g/mol. The highest BCUT2D eigenvalue weighted by atomic mass is 35.5. The molecule has 12 heteroatoms. The number of sulfonamides is 1. The first-order valence-corrected chi connectivity index (χ1v) is 12.1. The molecule has 0 saturated carbocycles. The van der Waals surface area contributed by atoms with Gasteiger partial charge in [0.15, 0.2) is 0 Å². The Morgan fingerprint density at radius 3 is 2.21 bits per heavy atom. The number of nitrogens with zero attached hydrogens (tertiary/aromatic N) is 1. The zero-order chi connectivity index (χ0) is 25.1. The lowest BCUT2D eigenvalue weighted by molar-refractivity contribution is -0.137. The minimum atomic E-state index is -4.65. The number of anilines is 1. The Bertz CT molecular complexity index is 1300. The largest absolute Gasteiger partial charge is 0.416 e. The highest BCUT2D eigenvalue weighted by Gasteiger charge is 2.32. The summed E-state index contributed by atoms with van der Waals surface area (Å²) in [7, 11) is -4.20. The molecule has 0 spiro atoms. The lowest BCUT2D eigenvalue weighted by Crippen LogP contribution is -2.37. The molecule has 0 atom stereocenters. The van der Waals surface area contributed by atoms with Crippen molar-refractivity contribution < 1.29 is 26.4 Å². The second kappa shape index (κ2) is 10.5. The summed E-state index contributed by atoms with van der Waals surface area (Å²) in [5, 5.41) is 2.80. The topological polar surface area (TPSA) is 66.5 Å². The van der Waals surface area contributed by atoms with Gasteiger partial charge in [0, 0.05) is 16.6 Å². The molecule has 1 amide bonds. The molecule has 0 radical (unpaired) electrons. The minimum absolute atomic E-state index is 0.121. The number of amides is 1. The molecule has 3 rings (SSSR count). The number of hydrogen-bond donors (Lipinski definition) is 1. The van der Waals surface area contributed by atoms with Crippen LogP contribution in [-0.4, -0.2) is 25.2 Å². The van der Waals surface area contributed by atoms with Crippen molar-refractivity contribution in [2.45, 2.75) is 17.6 Å². The summed E-state index contributed by atoms with van der Waals surface area (Å²) in [6.45, 7) is -0.931. The molecule has 0 aliphatic rings. The molecule has 1 N–H and O–H groups in total. The van der Waals surface area contributed by atoms with Crippen molar-refractivity contribution >= 4 is 56.4 Å². The van der Waals surface area contributed by atoms with Crippen LogP contribution in [0.1, 0.15) is 11.1 Å². The van der Waals surface area contributed by atoms with Crippen LogP contribution in [-0.2, 0) is 27.5 Å². The van der Waals surface area contributed by atoms with Crippen molar-refractivity contribution in [1.82, 2.24) is 4.31 Å². The zero-order valence-corrected chi connectivity index (χ0v) is 20.2. The van der Waals surface area contributed by atoms with Crippen LogP contribution >= 0.6 is 34.8 Å². The molecule has 5 nitrogen and oxygen atoms in total. The smallest absolute Gasteiger partial charge is 0.324 e. The molecular weight excluding hydrogens is 536 g/mol. The van der Waals surface area contributed by atoms with Crippen molar-refractivity contribution in [3.63, 3.8) is 0 Å². The van der Waals surface area contributed by atoms with E-state index in [1.54, 1.807) is 18.2 Å². The van der Waals surface area contributed by atoms with E-state index in [0.717, 1.165) is 16.4 Å². The number of hydrogen-bond acceptors (Lipinski definition) is 3. The van der Waals surface area contributed by atoms with Gasteiger partial charge >= 0.3 is 6.18 Å². The molecular formula is C22H16Cl3F3N2O3S. The molecule has 0 aromatic heterocycles. The highest BCUT2D eigenvalue weighted by molar-refractivity contribution is 7.89. The number of benzene rings is 3. The average Bonchev–Trinajstić information content (AvgIpc) is 2.74. The predicted molar refractivity (Wildman–Crippen MR) is 126 cm³/mol. The third kappa shape index (κ3) is 6.64. The van der Waals surface area contributed by atoms with E-state index in [4.69, 9.17) is 34.8 Å². The predicted octanol–water partition coefficient (Wildman–Crippen LogP) is 6.50. The second-order valence-electron chi connectivity index (χ2n) is 7.10. The molecule has 34 heavy (non-hydrogen) atoms. The quantitative estimate of drug-likeness (QED) is 0.365. The standard InChI is InChI=1S/C22H16Cl3F3N2O3S/c23-16-5-7-18(8-6-16)34(32,33)30(12-14-2-1-3-17(24)10-14)13-21(31)29-20-11-15(22(26,27)28)4-9-19(20)25/h1-11H,12-13H2,(H,29,31). The van der Waals surface area contributed by atoms with Crippen LogP contribution in [0.3, 0.4) is 0 Å². The van der Waals surface area contributed by atoms with Crippen LogP contribution in [0.15, 0.2) is 71.6 Å². The van der Waals surface area contributed by atoms with E-state index in [9.17, 15) is 26.4 Å². The van der Waals surface area contributed by atoms with Crippen LogP contribution in [0.4, 0.5) is 18.9 Å². The van der Waals surface area contributed by atoms with Gasteiger partial charge in [-0.15, -0.1) is 0 Å². The van der Waals surface area contributed by atoms with E-state index >= 15 is 0 Å². The number of nitrogens with one attached hydrogen (secondary N) is 1. The summed E-state index contributed by atoms with van der Waals surface area (Å²) < 4.78 is 66.5. The van der Waals surface area contributed by atoms with Crippen molar-refractivity contribution in [2.75, 3.05) is 11.9 Å². The van der Waals surface area contributed by atoms with Gasteiger partial charge in [0.25, 0.3) is 0 Å². The number of alkyl halides is 3. The Kier molecular flexibility index (Phi) is 8.15.